The second-order valence-corrected chi connectivity index (χ2v) is 7.80. The van der Waals surface area contributed by atoms with Gasteiger partial charge in [0.1, 0.15) is 17.1 Å². The quantitative estimate of drug-likeness (QED) is 0.625. The normalized spacial score (nSPS) is 14.3. The minimum Gasteiger partial charge on any atom is -0.507 e. The first-order valence-electron chi connectivity index (χ1n) is 9.56. The summed E-state index contributed by atoms with van der Waals surface area (Å²) in [5.41, 5.74) is 2.31. The van der Waals surface area contributed by atoms with Crippen molar-refractivity contribution in [1.82, 2.24) is 10.2 Å². The number of hydrogen-bond donors (Lipinski definition) is 2. The zero-order chi connectivity index (χ0) is 20.4. The minimum absolute atomic E-state index is 0.104. The van der Waals surface area contributed by atoms with Crippen LogP contribution in [0, 0.1) is 0 Å². The highest BCUT2D eigenvalue weighted by molar-refractivity contribution is 7.99. The number of carbonyl (C=O) groups excluding carboxylic acids is 1. The molecule has 1 aliphatic heterocycles. The van der Waals surface area contributed by atoms with Gasteiger partial charge >= 0.3 is 0 Å². The Hall–Kier alpha value is -2.64. The van der Waals surface area contributed by atoms with E-state index >= 15 is 0 Å². The van der Waals surface area contributed by atoms with Crippen LogP contribution in [0.1, 0.15) is 5.56 Å². The maximum Gasteiger partial charge on any atom is 0.227 e. The average Bonchev–Trinajstić information content (AvgIpc) is 3.11. The van der Waals surface area contributed by atoms with Gasteiger partial charge in [0.25, 0.3) is 0 Å². The number of rotatable bonds is 5. The molecule has 0 bridgehead atoms. The molecule has 0 spiro atoms. The van der Waals surface area contributed by atoms with Crippen LogP contribution in [0.25, 0.3) is 22.3 Å². The third-order valence-electron chi connectivity index (χ3n) is 5.19. The van der Waals surface area contributed by atoms with Gasteiger partial charge in [-0.25, -0.2) is 0 Å². The molecule has 0 saturated carbocycles. The number of furan rings is 1. The molecule has 0 radical (unpaired) electrons. The molecule has 0 aliphatic carbocycles. The van der Waals surface area contributed by atoms with Crippen LogP contribution in [0.4, 0.5) is 0 Å². The van der Waals surface area contributed by atoms with E-state index < -0.39 is 0 Å². The van der Waals surface area contributed by atoms with E-state index in [1.54, 1.807) is 37.1 Å². The lowest BCUT2D eigenvalue weighted by atomic mass is 10.1. The second-order valence-electron chi connectivity index (χ2n) is 6.99. The van der Waals surface area contributed by atoms with Crippen molar-refractivity contribution in [2.45, 2.75) is 11.3 Å². The zero-order valence-corrected chi connectivity index (χ0v) is 17.3. The van der Waals surface area contributed by atoms with Crippen LogP contribution in [-0.4, -0.2) is 55.5 Å². The van der Waals surface area contributed by atoms with Crippen LogP contribution in [-0.2, 0) is 11.2 Å². The number of thioether (sulfide) groups is 1. The Bertz CT molecular complexity index is 1040. The lowest BCUT2D eigenvalue weighted by Crippen LogP contribution is -2.46. The number of phenols is 1. The van der Waals surface area contributed by atoms with Crippen molar-refractivity contribution in [2.24, 2.45) is 0 Å². The van der Waals surface area contributed by atoms with E-state index in [0.717, 1.165) is 47.6 Å². The fourth-order valence-electron chi connectivity index (χ4n) is 3.64. The van der Waals surface area contributed by atoms with E-state index in [4.69, 9.17) is 9.15 Å². The fraction of sp³-hybridized carbons (Fsp3) is 0.318. The maximum absolute atomic E-state index is 12.6. The maximum atomic E-state index is 12.6. The Morgan fingerprint density at radius 2 is 2.03 bits per heavy atom. The monoisotopic (exact) mass is 412 g/mol. The third-order valence-corrected chi connectivity index (χ3v) is 6.00. The highest BCUT2D eigenvalue weighted by Crippen LogP contribution is 2.43. The number of fused-ring (bicyclic) bond motifs is 1. The van der Waals surface area contributed by atoms with Crippen molar-refractivity contribution < 1.29 is 19.1 Å². The minimum atomic E-state index is 0.104. The predicted molar refractivity (Wildman–Crippen MR) is 115 cm³/mol. The van der Waals surface area contributed by atoms with Gasteiger partial charge in [0.05, 0.1) is 24.0 Å². The highest BCUT2D eigenvalue weighted by Gasteiger charge is 2.20. The van der Waals surface area contributed by atoms with Gasteiger partial charge in [-0.1, -0.05) is 6.07 Å². The number of amides is 1. The molecule has 7 heteroatoms. The number of nitrogens with zero attached hydrogens (tertiary/aromatic N) is 1. The van der Waals surface area contributed by atoms with Crippen LogP contribution in [0.2, 0.25) is 0 Å². The SMILES string of the molecule is COc1ccc(-c2oc3ccc(CC(=O)N4CCNCC4)cc3c2SC)c(O)c1. The number of aromatic hydroxyl groups is 1. The van der Waals surface area contributed by atoms with Gasteiger partial charge in [-0.3, -0.25) is 4.79 Å². The van der Waals surface area contributed by atoms with Gasteiger partial charge in [-0.15, -0.1) is 11.8 Å². The summed E-state index contributed by atoms with van der Waals surface area (Å²) in [5, 5.41) is 14.7. The number of piperazine rings is 1. The van der Waals surface area contributed by atoms with Crippen molar-refractivity contribution >= 4 is 28.6 Å². The molecule has 1 aromatic heterocycles. The van der Waals surface area contributed by atoms with Crippen molar-refractivity contribution in [3.63, 3.8) is 0 Å². The van der Waals surface area contributed by atoms with Gasteiger partial charge in [0, 0.05) is 37.6 Å². The molecule has 29 heavy (non-hydrogen) atoms. The molecule has 0 unspecified atom stereocenters. The molecule has 1 aliphatic rings. The molecule has 6 nitrogen and oxygen atoms in total. The Labute approximate surface area is 173 Å². The Morgan fingerprint density at radius 1 is 1.24 bits per heavy atom. The summed E-state index contributed by atoms with van der Waals surface area (Å²) in [5.74, 6) is 1.46. The molecular weight excluding hydrogens is 388 g/mol. The first-order valence-corrected chi connectivity index (χ1v) is 10.8. The number of benzene rings is 2. The molecule has 1 saturated heterocycles. The Balaban J connectivity index is 1.67. The zero-order valence-electron chi connectivity index (χ0n) is 16.5. The number of methoxy groups -OCH3 is 1. The molecule has 2 N–H and O–H groups in total. The van der Waals surface area contributed by atoms with E-state index in [0.29, 0.717) is 23.5 Å². The van der Waals surface area contributed by atoms with Crippen molar-refractivity contribution in [2.75, 3.05) is 39.5 Å². The number of ether oxygens (including phenoxy) is 1. The van der Waals surface area contributed by atoms with Crippen molar-refractivity contribution in [3.8, 4) is 22.8 Å². The molecule has 2 aromatic carbocycles. The van der Waals surface area contributed by atoms with E-state index in [-0.39, 0.29) is 11.7 Å². The molecule has 1 fully saturated rings. The van der Waals surface area contributed by atoms with Crippen LogP contribution < -0.4 is 10.1 Å². The van der Waals surface area contributed by atoms with Gasteiger partial charge in [-0.05, 0) is 36.1 Å². The van der Waals surface area contributed by atoms with Crippen LogP contribution in [0.5, 0.6) is 11.5 Å². The Kier molecular flexibility index (Phi) is 5.69. The molecule has 0 atom stereocenters. The summed E-state index contributed by atoms with van der Waals surface area (Å²) in [7, 11) is 1.56. The predicted octanol–water partition coefficient (Wildman–Crippen LogP) is 3.51. The average molecular weight is 413 g/mol. The first kappa shape index (κ1) is 19.7. The third kappa shape index (κ3) is 3.93. The number of hydrogen-bond acceptors (Lipinski definition) is 6. The van der Waals surface area contributed by atoms with Crippen LogP contribution in [0.15, 0.2) is 45.7 Å². The second kappa shape index (κ2) is 8.39. The van der Waals surface area contributed by atoms with E-state index in [1.165, 1.54) is 0 Å². The van der Waals surface area contributed by atoms with Crippen molar-refractivity contribution in [1.29, 1.82) is 0 Å². The standard InChI is InChI=1S/C22H24N2O4S/c1-27-15-4-5-16(18(25)13-15)21-22(29-2)17-11-14(3-6-19(17)28-21)12-20(26)24-9-7-23-8-10-24/h3-6,11,13,23,25H,7-10,12H2,1-2H3. The van der Waals surface area contributed by atoms with Gasteiger partial charge in [0.15, 0.2) is 5.76 Å². The smallest absolute Gasteiger partial charge is 0.227 e. The number of nitrogens with one attached hydrogen (secondary N) is 1. The summed E-state index contributed by atoms with van der Waals surface area (Å²) in [6, 6.07) is 11.0. The van der Waals surface area contributed by atoms with Crippen molar-refractivity contribution in [3.05, 3.63) is 42.0 Å². The fourth-order valence-corrected chi connectivity index (χ4v) is 4.36. The van der Waals surface area contributed by atoms with Gasteiger partial charge < -0.3 is 24.5 Å². The number of phenolic OH excluding ortho intramolecular Hbond substituents is 1. The molecule has 1 amide bonds. The highest BCUT2D eigenvalue weighted by atomic mass is 32.2. The largest absolute Gasteiger partial charge is 0.507 e. The summed E-state index contributed by atoms with van der Waals surface area (Å²) >= 11 is 1.56. The lowest BCUT2D eigenvalue weighted by Gasteiger charge is -2.27. The van der Waals surface area contributed by atoms with Gasteiger partial charge in [-0.2, -0.15) is 0 Å². The summed E-state index contributed by atoms with van der Waals surface area (Å²) in [6.45, 7) is 3.20. The molecule has 4 rings (SSSR count). The summed E-state index contributed by atoms with van der Waals surface area (Å²) < 4.78 is 11.2. The van der Waals surface area contributed by atoms with Crippen LogP contribution >= 0.6 is 11.8 Å². The van der Waals surface area contributed by atoms with E-state index in [2.05, 4.69) is 5.32 Å². The molecular formula is C22H24N2O4S. The summed E-state index contributed by atoms with van der Waals surface area (Å²) in [6.07, 6.45) is 2.35. The Morgan fingerprint density at radius 3 is 2.72 bits per heavy atom. The lowest BCUT2D eigenvalue weighted by molar-refractivity contribution is -0.131. The molecule has 152 valence electrons. The molecule has 3 aromatic rings. The topological polar surface area (TPSA) is 74.9 Å². The van der Waals surface area contributed by atoms with E-state index in [9.17, 15) is 9.90 Å². The first-order chi connectivity index (χ1) is 14.1. The van der Waals surface area contributed by atoms with Gasteiger partial charge in [0.2, 0.25) is 5.91 Å². The molecule has 2 heterocycles. The summed E-state index contributed by atoms with van der Waals surface area (Å²) in [4.78, 5) is 15.5. The van der Waals surface area contributed by atoms with Crippen LogP contribution in [0.3, 0.4) is 0 Å². The van der Waals surface area contributed by atoms with E-state index in [1.807, 2.05) is 29.4 Å². The number of carbonyl (C=O) groups is 1.